The van der Waals surface area contributed by atoms with Crippen molar-refractivity contribution in [1.82, 2.24) is 33.9 Å². The SMILES string of the molecule is Cn1ccc2c(=O)n(CC3(O)CCN(C(=O)[C@@H]4CCN(C(=O)c5ccnc(-c6ccncc6)c5)C[C@H]4c4ccccc4)CC3)cnc21. The fourth-order valence-electron chi connectivity index (χ4n) is 7.04. The molecule has 240 valence electrons. The Bertz CT molecular complexity index is 1970. The van der Waals surface area contributed by atoms with Crippen LogP contribution in [0.5, 0.6) is 0 Å². The van der Waals surface area contributed by atoms with E-state index in [0.717, 1.165) is 11.1 Å². The summed E-state index contributed by atoms with van der Waals surface area (Å²) in [6, 6.07) is 18.9. The summed E-state index contributed by atoms with van der Waals surface area (Å²) in [5.41, 5.74) is 2.46. The molecule has 1 aromatic carbocycles. The van der Waals surface area contributed by atoms with E-state index in [4.69, 9.17) is 0 Å². The van der Waals surface area contributed by atoms with Crippen LogP contribution in [0.25, 0.3) is 22.3 Å². The van der Waals surface area contributed by atoms with Gasteiger partial charge < -0.3 is 19.5 Å². The molecule has 7 rings (SSSR count). The van der Waals surface area contributed by atoms with Gasteiger partial charge in [-0.15, -0.1) is 0 Å². The number of pyridine rings is 2. The zero-order valence-corrected chi connectivity index (χ0v) is 26.3. The van der Waals surface area contributed by atoms with Crippen LogP contribution in [0, 0.1) is 5.92 Å². The molecule has 11 nitrogen and oxygen atoms in total. The Balaban J connectivity index is 1.05. The van der Waals surface area contributed by atoms with E-state index in [1.807, 2.05) is 65.4 Å². The molecule has 5 aromatic rings. The second kappa shape index (κ2) is 12.6. The normalized spacial score (nSPS) is 19.5. The van der Waals surface area contributed by atoms with E-state index in [2.05, 4.69) is 15.0 Å². The molecular weight excluding hydrogens is 594 g/mol. The van der Waals surface area contributed by atoms with Crippen LogP contribution in [0.4, 0.5) is 0 Å². The van der Waals surface area contributed by atoms with Crippen molar-refractivity contribution >= 4 is 22.8 Å². The Hall–Kier alpha value is -5.16. The molecule has 1 N–H and O–H groups in total. The van der Waals surface area contributed by atoms with E-state index in [9.17, 15) is 19.5 Å². The number of aryl methyl sites for hydroxylation is 1. The number of benzene rings is 1. The van der Waals surface area contributed by atoms with E-state index < -0.39 is 5.60 Å². The number of piperidine rings is 2. The van der Waals surface area contributed by atoms with Crippen molar-refractivity contribution in [1.29, 1.82) is 0 Å². The van der Waals surface area contributed by atoms with Crippen molar-refractivity contribution in [2.75, 3.05) is 26.2 Å². The van der Waals surface area contributed by atoms with E-state index in [0.29, 0.717) is 67.7 Å². The molecular formula is C36H37N7O4. The number of rotatable bonds is 6. The maximum atomic E-state index is 14.1. The van der Waals surface area contributed by atoms with Gasteiger partial charge in [0, 0.05) is 81.0 Å². The molecule has 2 saturated heterocycles. The third-order valence-corrected chi connectivity index (χ3v) is 9.75. The number of carbonyl (C=O) groups excluding carboxylic acids is 2. The smallest absolute Gasteiger partial charge is 0.262 e. The minimum absolute atomic E-state index is 0.0430. The number of aliphatic hydroxyl groups is 1. The first-order chi connectivity index (χ1) is 22.8. The molecule has 11 heteroatoms. The largest absolute Gasteiger partial charge is 0.388 e. The van der Waals surface area contributed by atoms with Crippen molar-refractivity contribution in [2.24, 2.45) is 13.0 Å². The summed E-state index contributed by atoms with van der Waals surface area (Å²) >= 11 is 0. The van der Waals surface area contributed by atoms with Gasteiger partial charge in [0.15, 0.2) is 0 Å². The highest BCUT2D eigenvalue weighted by atomic mass is 16.3. The van der Waals surface area contributed by atoms with Gasteiger partial charge in [-0.25, -0.2) is 4.98 Å². The number of amides is 2. The van der Waals surface area contributed by atoms with Crippen LogP contribution < -0.4 is 5.56 Å². The van der Waals surface area contributed by atoms with Crippen LogP contribution in [0.2, 0.25) is 0 Å². The highest BCUT2D eigenvalue weighted by Gasteiger charge is 2.41. The fraction of sp³-hybridized carbons (Fsp3) is 0.333. The van der Waals surface area contributed by atoms with E-state index >= 15 is 0 Å². The summed E-state index contributed by atoms with van der Waals surface area (Å²) in [6.07, 6.45) is 9.58. The van der Waals surface area contributed by atoms with Crippen molar-refractivity contribution in [3.05, 3.63) is 113 Å². The maximum Gasteiger partial charge on any atom is 0.262 e. The van der Waals surface area contributed by atoms with Gasteiger partial charge in [0.05, 0.1) is 23.2 Å². The Morgan fingerprint density at radius 2 is 1.70 bits per heavy atom. The van der Waals surface area contributed by atoms with Crippen LogP contribution in [0.1, 0.15) is 41.1 Å². The number of likely N-dealkylation sites (tertiary alicyclic amines) is 2. The van der Waals surface area contributed by atoms with Crippen LogP contribution in [-0.2, 0) is 18.4 Å². The molecule has 0 bridgehead atoms. The molecule has 0 aliphatic carbocycles. The first kappa shape index (κ1) is 30.5. The minimum Gasteiger partial charge on any atom is -0.388 e. The quantitative estimate of drug-likeness (QED) is 0.304. The highest BCUT2D eigenvalue weighted by Crippen LogP contribution is 2.36. The lowest BCUT2D eigenvalue weighted by molar-refractivity contribution is -0.142. The van der Waals surface area contributed by atoms with Crippen molar-refractivity contribution < 1.29 is 14.7 Å². The average molecular weight is 632 g/mol. The average Bonchev–Trinajstić information content (AvgIpc) is 3.50. The molecule has 2 atom stereocenters. The zero-order valence-electron chi connectivity index (χ0n) is 26.3. The number of hydrogen-bond donors (Lipinski definition) is 1. The van der Waals surface area contributed by atoms with Crippen LogP contribution in [-0.4, -0.2) is 82.6 Å². The van der Waals surface area contributed by atoms with Crippen molar-refractivity contribution in [2.45, 2.75) is 37.3 Å². The van der Waals surface area contributed by atoms with E-state index in [-0.39, 0.29) is 35.8 Å². The van der Waals surface area contributed by atoms with Crippen LogP contribution >= 0.6 is 0 Å². The second-order valence-electron chi connectivity index (χ2n) is 12.7. The van der Waals surface area contributed by atoms with Crippen LogP contribution in [0.15, 0.2) is 96.6 Å². The fourth-order valence-corrected chi connectivity index (χ4v) is 7.04. The van der Waals surface area contributed by atoms with Crippen LogP contribution in [0.3, 0.4) is 0 Å². The summed E-state index contributed by atoms with van der Waals surface area (Å²) in [4.78, 5) is 57.6. The summed E-state index contributed by atoms with van der Waals surface area (Å²) < 4.78 is 3.27. The minimum atomic E-state index is -1.13. The van der Waals surface area contributed by atoms with Gasteiger partial charge in [0.1, 0.15) is 12.0 Å². The second-order valence-corrected chi connectivity index (χ2v) is 12.7. The molecule has 2 aliphatic heterocycles. The molecule has 0 spiro atoms. The summed E-state index contributed by atoms with van der Waals surface area (Å²) in [5, 5.41) is 12.0. The number of fused-ring (bicyclic) bond motifs is 1. The van der Waals surface area contributed by atoms with Crippen molar-refractivity contribution in [3.8, 4) is 11.3 Å². The first-order valence-corrected chi connectivity index (χ1v) is 16.0. The van der Waals surface area contributed by atoms with Gasteiger partial charge in [-0.2, -0.15) is 0 Å². The standard InChI is InChI=1S/C36H37N7O4/c1-40-17-10-29-32(40)39-24-43(35(29)46)23-36(47)12-19-41(20-13-36)34(45)28-11-18-42(22-30(28)25-5-3-2-4-6-25)33(44)27-9-16-38-31(21-27)26-7-14-37-15-8-26/h2-10,14-17,21,24,28,30,47H,11-13,18-20,22-23H2,1H3/t28-,30+/m1/s1. The predicted molar refractivity (Wildman–Crippen MR) is 176 cm³/mol. The Labute approximate surface area is 272 Å². The molecule has 2 aliphatic rings. The predicted octanol–water partition coefficient (Wildman–Crippen LogP) is 3.49. The molecule has 0 saturated carbocycles. The molecule has 0 unspecified atom stereocenters. The molecule has 0 radical (unpaired) electrons. The maximum absolute atomic E-state index is 14.1. The van der Waals surface area contributed by atoms with Gasteiger partial charge in [0.25, 0.3) is 11.5 Å². The van der Waals surface area contributed by atoms with Gasteiger partial charge in [0.2, 0.25) is 5.91 Å². The number of nitrogens with zero attached hydrogens (tertiary/aromatic N) is 7. The number of aromatic nitrogens is 5. The number of carbonyl (C=O) groups is 2. The third-order valence-electron chi connectivity index (χ3n) is 9.75. The topological polar surface area (TPSA) is 126 Å². The summed E-state index contributed by atoms with van der Waals surface area (Å²) in [7, 11) is 1.84. The summed E-state index contributed by atoms with van der Waals surface area (Å²) in [5.74, 6) is -0.520. The number of hydrogen-bond acceptors (Lipinski definition) is 7. The highest BCUT2D eigenvalue weighted by molar-refractivity contribution is 5.95. The zero-order chi connectivity index (χ0) is 32.5. The van der Waals surface area contributed by atoms with Gasteiger partial charge in [-0.1, -0.05) is 30.3 Å². The molecule has 47 heavy (non-hydrogen) atoms. The van der Waals surface area contributed by atoms with E-state index in [1.165, 1.54) is 10.9 Å². The Morgan fingerprint density at radius 1 is 0.936 bits per heavy atom. The van der Waals surface area contributed by atoms with Gasteiger partial charge in [-0.3, -0.25) is 28.9 Å². The van der Waals surface area contributed by atoms with Crippen molar-refractivity contribution in [3.63, 3.8) is 0 Å². The molecule has 6 heterocycles. The molecule has 4 aromatic heterocycles. The van der Waals surface area contributed by atoms with E-state index in [1.54, 1.807) is 41.5 Å². The monoisotopic (exact) mass is 631 g/mol. The van der Waals surface area contributed by atoms with Gasteiger partial charge in [-0.05, 0) is 55.2 Å². The third kappa shape index (κ3) is 6.06. The lowest BCUT2D eigenvalue weighted by atomic mass is 9.79. The molecule has 2 amide bonds. The lowest BCUT2D eigenvalue weighted by Crippen LogP contribution is -2.53. The molecule has 2 fully saturated rings. The summed E-state index contributed by atoms with van der Waals surface area (Å²) in [6.45, 7) is 1.78. The first-order valence-electron chi connectivity index (χ1n) is 16.0. The van der Waals surface area contributed by atoms with Gasteiger partial charge >= 0.3 is 0 Å². The lowest BCUT2D eigenvalue weighted by Gasteiger charge is -2.43. The Kier molecular flexibility index (Phi) is 8.15. The Morgan fingerprint density at radius 3 is 2.47 bits per heavy atom.